The van der Waals surface area contributed by atoms with Gasteiger partial charge in [-0.15, -0.1) is 10.2 Å². The maximum atomic E-state index is 12.2. The van der Waals surface area contributed by atoms with Crippen LogP contribution in [0.1, 0.15) is 31.2 Å². The standard InChI is InChI=1S/C9H12F3N3S/c1-2-8(3-4-8)5-13-7-15-14-6(16-7)9(10,11)12/h2-5H2,1H3,(H,13,15). The number of alkyl halides is 3. The summed E-state index contributed by atoms with van der Waals surface area (Å²) in [6.07, 6.45) is -1.06. The first-order valence-corrected chi connectivity index (χ1v) is 5.91. The van der Waals surface area contributed by atoms with Crippen LogP contribution in [-0.4, -0.2) is 16.7 Å². The van der Waals surface area contributed by atoms with Crippen molar-refractivity contribution in [1.29, 1.82) is 0 Å². The highest BCUT2D eigenvalue weighted by molar-refractivity contribution is 7.15. The molecule has 0 radical (unpaired) electrons. The lowest BCUT2D eigenvalue weighted by atomic mass is 10.0. The molecule has 3 nitrogen and oxygen atoms in total. The van der Waals surface area contributed by atoms with E-state index in [0.29, 0.717) is 17.9 Å². The number of rotatable bonds is 4. The lowest BCUT2D eigenvalue weighted by Gasteiger charge is -2.11. The summed E-state index contributed by atoms with van der Waals surface area (Å²) in [6, 6.07) is 0. The van der Waals surface area contributed by atoms with Gasteiger partial charge in [-0.05, 0) is 24.7 Å². The van der Waals surface area contributed by atoms with Crippen LogP contribution < -0.4 is 5.32 Å². The highest BCUT2D eigenvalue weighted by Crippen LogP contribution is 2.48. The molecule has 0 saturated heterocycles. The normalized spacial score (nSPS) is 18.5. The molecule has 0 amide bonds. The van der Waals surface area contributed by atoms with Gasteiger partial charge in [0.1, 0.15) is 0 Å². The quantitative estimate of drug-likeness (QED) is 0.893. The van der Waals surface area contributed by atoms with E-state index in [0.717, 1.165) is 19.3 Å². The third-order valence-electron chi connectivity index (χ3n) is 2.99. The van der Waals surface area contributed by atoms with Crippen LogP contribution in [0.4, 0.5) is 18.3 Å². The molecule has 1 N–H and O–H groups in total. The van der Waals surface area contributed by atoms with Gasteiger partial charge in [0, 0.05) is 6.54 Å². The highest BCUT2D eigenvalue weighted by Gasteiger charge is 2.41. The third-order valence-corrected chi connectivity index (χ3v) is 3.92. The average Bonchev–Trinajstić information content (AvgIpc) is 2.83. The minimum absolute atomic E-state index is 0.257. The van der Waals surface area contributed by atoms with E-state index < -0.39 is 11.2 Å². The van der Waals surface area contributed by atoms with E-state index in [1.165, 1.54) is 0 Å². The molecule has 90 valence electrons. The number of aromatic nitrogens is 2. The predicted molar refractivity (Wildman–Crippen MR) is 55.4 cm³/mol. The first-order chi connectivity index (χ1) is 7.45. The molecule has 0 unspecified atom stereocenters. The van der Waals surface area contributed by atoms with Crippen molar-refractivity contribution < 1.29 is 13.2 Å². The van der Waals surface area contributed by atoms with Crippen molar-refractivity contribution in [2.24, 2.45) is 5.41 Å². The molecule has 0 spiro atoms. The lowest BCUT2D eigenvalue weighted by molar-refractivity contribution is -0.138. The monoisotopic (exact) mass is 251 g/mol. The van der Waals surface area contributed by atoms with Gasteiger partial charge in [-0.3, -0.25) is 0 Å². The average molecular weight is 251 g/mol. The van der Waals surface area contributed by atoms with Gasteiger partial charge in [-0.1, -0.05) is 18.3 Å². The summed E-state index contributed by atoms with van der Waals surface area (Å²) in [4.78, 5) is 0. The van der Waals surface area contributed by atoms with E-state index in [4.69, 9.17) is 0 Å². The van der Waals surface area contributed by atoms with Crippen molar-refractivity contribution in [1.82, 2.24) is 10.2 Å². The second-order valence-corrected chi connectivity index (χ2v) is 5.09. The molecule has 7 heteroatoms. The molecule has 0 atom stereocenters. The zero-order chi connectivity index (χ0) is 11.8. The van der Waals surface area contributed by atoms with Crippen LogP contribution in [-0.2, 0) is 6.18 Å². The van der Waals surface area contributed by atoms with E-state index in [9.17, 15) is 13.2 Å². The maximum absolute atomic E-state index is 12.2. The van der Waals surface area contributed by atoms with Crippen molar-refractivity contribution >= 4 is 16.5 Å². The Morgan fingerprint density at radius 1 is 1.38 bits per heavy atom. The highest BCUT2D eigenvalue weighted by atomic mass is 32.1. The topological polar surface area (TPSA) is 37.8 Å². The number of anilines is 1. The molecule has 2 rings (SSSR count). The molecule has 1 aromatic heterocycles. The Morgan fingerprint density at radius 3 is 2.50 bits per heavy atom. The minimum Gasteiger partial charge on any atom is -0.360 e. The van der Waals surface area contributed by atoms with Crippen LogP contribution in [0.3, 0.4) is 0 Å². The maximum Gasteiger partial charge on any atom is 0.445 e. The van der Waals surface area contributed by atoms with Gasteiger partial charge in [0.2, 0.25) is 10.1 Å². The third kappa shape index (κ3) is 2.45. The molecular formula is C9H12F3N3S. The Hall–Kier alpha value is -0.850. The zero-order valence-corrected chi connectivity index (χ0v) is 9.58. The number of hydrogen-bond donors (Lipinski definition) is 1. The van der Waals surface area contributed by atoms with Gasteiger partial charge in [-0.25, -0.2) is 0 Å². The van der Waals surface area contributed by atoms with Crippen molar-refractivity contribution in [3.8, 4) is 0 Å². The van der Waals surface area contributed by atoms with Crippen LogP contribution >= 0.6 is 11.3 Å². The molecule has 1 saturated carbocycles. The summed E-state index contributed by atoms with van der Waals surface area (Å²) in [6.45, 7) is 2.78. The molecule has 1 heterocycles. The fraction of sp³-hybridized carbons (Fsp3) is 0.778. The van der Waals surface area contributed by atoms with Crippen molar-refractivity contribution in [2.75, 3.05) is 11.9 Å². The van der Waals surface area contributed by atoms with Crippen LogP contribution in [0.25, 0.3) is 0 Å². The first-order valence-electron chi connectivity index (χ1n) is 5.10. The summed E-state index contributed by atoms with van der Waals surface area (Å²) in [5, 5.41) is 8.90. The largest absolute Gasteiger partial charge is 0.445 e. The zero-order valence-electron chi connectivity index (χ0n) is 8.76. The molecule has 1 aliphatic rings. The van der Waals surface area contributed by atoms with E-state index in [-0.39, 0.29) is 10.5 Å². The molecule has 1 aromatic rings. The second kappa shape index (κ2) is 3.87. The number of hydrogen-bond acceptors (Lipinski definition) is 4. The lowest BCUT2D eigenvalue weighted by Crippen LogP contribution is -2.14. The first kappa shape index (κ1) is 11.6. The van der Waals surface area contributed by atoms with Crippen molar-refractivity contribution in [3.63, 3.8) is 0 Å². The van der Waals surface area contributed by atoms with Crippen LogP contribution in [0.5, 0.6) is 0 Å². The Labute approximate surface area is 95.1 Å². The number of nitrogens with zero attached hydrogens (tertiary/aromatic N) is 2. The Kier molecular flexibility index (Phi) is 2.81. The van der Waals surface area contributed by atoms with Gasteiger partial charge >= 0.3 is 6.18 Å². The fourth-order valence-corrected chi connectivity index (χ4v) is 2.11. The van der Waals surface area contributed by atoms with Crippen molar-refractivity contribution in [3.05, 3.63) is 5.01 Å². The summed E-state index contributed by atoms with van der Waals surface area (Å²) < 4.78 is 36.7. The Bertz CT molecular complexity index is 370. The van der Waals surface area contributed by atoms with Gasteiger partial charge in [0.05, 0.1) is 0 Å². The number of halogens is 3. The van der Waals surface area contributed by atoms with E-state index >= 15 is 0 Å². The van der Waals surface area contributed by atoms with Gasteiger partial charge in [0.25, 0.3) is 0 Å². The van der Waals surface area contributed by atoms with E-state index in [1.54, 1.807) is 0 Å². The van der Waals surface area contributed by atoms with Crippen LogP contribution in [0.2, 0.25) is 0 Å². The summed E-state index contributed by atoms with van der Waals surface area (Å²) in [7, 11) is 0. The molecular weight excluding hydrogens is 239 g/mol. The van der Waals surface area contributed by atoms with Gasteiger partial charge in [-0.2, -0.15) is 13.2 Å². The SMILES string of the molecule is CCC1(CNc2nnc(C(F)(F)F)s2)CC1. The molecule has 0 aliphatic heterocycles. The predicted octanol–water partition coefficient (Wildman–Crippen LogP) is 3.16. The Morgan fingerprint density at radius 2 is 2.06 bits per heavy atom. The molecule has 1 aliphatic carbocycles. The smallest absolute Gasteiger partial charge is 0.360 e. The van der Waals surface area contributed by atoms with Crippen LogP contribution in [0.15, 0.2) is 0 Å². The molecule has 1 fully saturated rings. The molecule has 0 bridgehead atoms. The number of nitrogens with one attached hydrogen (secondary N) is 1. The fourth-order valence-electron chi connectivity index (χ4n) is 1.50. The second-order valence-electron chi connectivity index (χ2n) is 4.12. The van der Waals surface area contributed by atoms with Crippen LogP contribution in [0, 0.1) is 5.41 Å². The van der Waals surface area contributed by atoms with E-state index in [1.807, 2.05) is 0 Å². The van der Waals surface area contributed by atoms with Crippen molar-refractivity contribution in [2.45, 2.75) is 32.4 Å². The summed E-state index contributed by atoms with van der Waals surface area (Å²) in [5.41, 5.74) is 0.282. The minimum atomic E-state index is -4.39. The summed E-state index contributed by atoms with van der Waals surface area (Å²) in [5.74, 6) is 0. The molecule has 16 heavy (non-hydrogen) atoms. The van der Waals surface area contributed by atoms with Gasteiger partial charge < -0.3 is 5.32 Å². The van der Waals surface area contributed by atoms with E-state index in [2.05, 4.69) is 22.4 Å². The summed E-state index contributed by atoms with van der Waals surface area (Å²) >= 11 is 0.560. The Balaban J connectivity index is 1.93. The molecule has 0 aromatic carbocycles. The van der Waals surface area contributed by atoms with Gasteiger partial charge in [0.15, 0.2) is 0 Å².